The minimum absolute atomic E-state index is 0.0701. The van der Waals surface area contributed by atoms with Crippen LogP contribution in [-0.4, -0.2) is 66.2 Å². The van der Waals surface area contributed by atoms with E-state index < -0.39 is 5.54 Å². The lowest BCUT2D eigenvalue weighted by atomic mass is 9.80. The summed E-state index contributed by atoms with van der Waals surface area (Å²) in [7, 11) is 0. The van der Waals surface area contributed by atoms with Crippen molar-refractivity contribution in [3.05, 3.63) is 0 Å². The predicted molar refractivity (Wildman–Crippen MR) is 91.6 cm³/mol. The van der Waals surface area contributed by atoms with Gasteiger partial charge in [-0.3, -0.25) is 9.69 Å². The highest BCUT2D eigenvalue weighted by molar-refractivity contribution is 6.07. The first-order valence-corrected chi connectivity index (χ1v) is 9.37. The van der Waals surface area contributed by atoms with E-state index in [9.17, 15) is 9.59 Å². The monoisotopic (exact) mass is 337 g/mol. The molecule has 1 saturated carbocycles. The molecule has 6 nitrogen and oxygen atoms in total. The van der Waals surface area contributed by atoms with Crippen LogP contribution in [0.5, 0.6) is 0 Å². The number of carbonyl (C=O) groups is 2. The summed E-state index contributed by atoms with van der Waals surface area (Å²) in [4.78, 5) is 28.8. The maximum atomic E-state index is 12.8. The van der Waals surface area contributed by atoms with Gasteiger partial charge in [0.1, 0.15) is 5.54 Å². The van der Waals surface area contributed by atoms with Gasteiger partial charge in [-0.25, -0.2) is 4.79 Å². The Hall–Kier alpha value is -1.14. The van der Waals surface area contributed by atoms with E-state index in [4.69, 9.17) is 4.74 Å². The van der Waals surface area contributed by atoms with E-state index in [1.165, 1.54) is 17.7 Å². The van der Waals surface area contributed by atoms with Crippen LogP contribution in [0.1, 0.15) is 46.5 Å². The highest BCUT2D eigenvalue weighted by Crippen LogP contribution is 2.33. The number of hydrogen-bond acceptors (Lipinski definition) is 4. The molecule has 2 saturated heterocycles. The molecule has 0 aromatic rings. The Labute approximate surface area is 144 Å². The van der Waals surface area contributed by atoms with E-state index in [0.29, 0.717) is 0 Å². The van der Waals surface area contributed by atoms with Crippen LogP contribution < -0.4 is 5.32 Å². The van der Waals surface area contributed by atoms with Gasteiger partial charge in [-0.05, 0) is 58.9 Å². The Morgan fingerprint density at radius 2 is 2.04 bits per heavy atom. The average molecular weight is 337 g/mol. The fourth-order valence-corrected chi connectivity index (χ4v) is 3.88. The van der Waals surface area contributed by atoms with Crippen LogP contribution in [0.3, 0.4) is 0 Å². The van der Waals surface area contributed by atoms with Crippen molar-refractivity contribution in [2.75, 3.05) is 32.8 Å². The molecule has 1 N–H and O–H groups in total. The van der Waals surface area contributed by atoms with Crippen LogP contribution >= 0.6 is 0 Å². The molecule has 1 aliphatic carbocycles. The molecule has 3 fully saturated rings. The second-order valence-electron chi connectivity index (χ2n) is 8.06. The van der Waals surface area contributed by atoms with Crippen LogP contribution in [0.4, 0.5) is 4.79 Å². The molecule has 136 valence electrons. The molecule has 2 heterocycles. The number of nitrogens with one attached hydrogen (secondary N) is 1. The molecule has 0 radical (unpaired) electrons. The second-order valence-corrected chi connectivity index (χ2v) is 8.06. The number of amides is 3. The summed E-state index contributed by atoms with van der Waals surface area (Å²) in [6.45, 7) is 10.1. The molecular formula is C18H31N3O3. The number of imide groups is 1. The normalized spacial score (nSPS) is 31.8. The summed E-state index contributed by atoms with van der Waals surface area (Å²) in [5.74, 6) is 0.889. The zero-order chi connectivity index (χ0) is 17.3. The van der Waals surface area contributed by atoms with Gasteiger partial charge in [0, 0.05) is 31.7 Å². The summed E-state index contributed by atoms with van der Waals surface area (Å²) in [5, 5.41) is 2.97. The lowest BCUT2D eigenvalue weighted by molar-refractivity contribution is -0.134. The van der Waals surface area contributed by atoms with E-state index in [0.717, 1.165) is 51.6 Å². The standard InChI is InChI=1S/C18H31N3O3/c1-13(2)21-16(22)18(3,19-17(21)23)15-5-4-8-20(11-15)9-10-24-12-14-6-7-14/h13-15H,4-12H2,1-3H3,(H,19,23)/t15-,18-/m0/s1. The topological polar surface area (TPSA) is 61.9 Å². The van der Waals surface area contributed by atoms with Crippen LogP contribution in [-0.2, 0) is 9.53 Å². The quantitative estimate of drug-likeness (QED) is 0.569. The van der Waals surface area contributed by atoms with Crippen LogP contribution in [0, 0.1) is 11.8 Å². The smallest absolute Gasteiger partial charge is 0.325 e. The van der Waals surface area contributed by atoms with Gasteiger partial charge in [0.15, 0.2) is 0 Å². The largest absolute Gasteiger partial charge is 0.380 e. The molecule has 2 atom stereocenters. The van der Waals surface area contributed by atoms with E-state index in [1.54, 1.807) is 0 Å². The fourth-order valence-electron chi connectivity index (χ4n) is 3.88. The van der Waals surface area contributed by atoms with Gasteiger partial charge in [-0.15, -0.1) is 0 Å². The predicted octanol–water partition coefficient (Wildman–Crippen LogP) is 1.84. The molecule has 3 rings (SSSR count). The molecular weight excluding hydrogens is 306 g/mol. The number of urea groups is 1. The van der Waals surface area contributed by atoms with E-state index in [1.807, 2.05) is 20.8 Å². The van der Waals surface area contributed by atoms with Gasteiger partial charge in [0.25, 0.3) is 5.91 Å². The summed E-state index contributed by atoms with van der Waals surface area (Å²) in [6, 6.07) is -0.350. The molecule has 0 aromatic carbocycles. The third kappa shape index (κ3) is 3.59. The Kier molecular flexibility index (Phi) is 5.16. The van der Waals surface area contributed by atoms with E-state index in [-0.39, 0.29) is 23.9 Å². The number of rotatable bonds is 7. The highest BCUT2D eigenvalue weighted by atomic mass is 16.5. The van der Waals surface area contributed by atoms with Crippen LogP contribution in [0.2, 0.25) is 0 Å². The van der Waals surface area contributed by atoms with Crippen LogP contribution in [0.15, 0.2) is 0 Å². The zero-order valence-corrected chi connectivity index (χ0v) is 15.2. The second kappa shape index (κ2) is 7.00. The summed E-state index contributed by atoms with van der Waals surface area (Å²) >= 11 is 0. The molecule has 0 spiro atoms. The molecule has 6 heteroatoms. The summed E-state index contributed by atoms with van der Waals surface area (Å²) in [5.41, 5.74) is -0.769. The number of hydrogen-bond donors (Lipinski definition) is 1. The summed E-state index contributed by atoms with van der Waals surface area (Å²) < 4.78 is 5.75. The molecule has 24 heavy (non-hydrogen) atoms. The Morgan fingerprint density at radius 1 is 1.29 bits per heavy atom. The molecule has 3 amide bonds. The van der Waals surface area contributed by atoms with Gasteiger partial charge in [-0.2, -0.15) is 0 Å². The third-order valence-corrected chi connectivity index (χ3v) is 5.69. The first-order valence-electron chi connectivity index (χ1n) is 9.37. The van der Waals surface area contributed by atoms with Crippen molar-refractivity contribution < 1.29 is 14.3 Å². The van der Waals surface area contributed by atoms with Crippen molar-refractivity contribution in [3.8, 4) is 0 Å². The fraction of sp³-hybridized carbons (Fsp3) is 0.889. The number of carbonyl (C=O) groups excluding carboxylic acids is 2. The average Bonchev–Trinajstić information content (AvgIpc) is 3.32. The molecule has 0 unspecified atom stereocenters. The van der Waals surface area contributed by atoms with Gasteiger partial charge in [0.2, 0.25) is 0 Å². The first-order chi connectivity index (χ1) is 11.4. The maximum Gasteiger partial charge on any atom is 0.325 e. The van der Waals surface area contributed by atoms with Crippen molar-refractivity contribution in [1.29, 1.82) is 0 Å². The minimum Gasteiger partial charge on any atom is -0.380 e. The molecule has 2 aliphatic heterocycles. The summed E-state index contributed by atoms with van der Waals surface area (Å²) in [6.07, 6.45) is 4.68. The Balaban J connectivity index is 1.55. The SMILES string of the molecule is CC(C)N1C(=O)N[C@@](C)([C@H]2CCCN(CCOCC3CC3)C2)C1=O. The van der Waals surface area contributed by atoms with Crippen molar-refractivity contribution in [2.45, 2.75) is 58.0 Å². The van der Waals surface area contributed by atoms with Gasteiger partial charge >= 0.3 is 6.03 Å². The van der Waals surface area contributed by atoms with Crippen LogP contribution in [0.25, 0.3) is 0 Å². The van der Waals surface area contributed by atoms with Gasteiger partial charge in [0.05, 0.1) is 6.61 Å². The zero-order valence-electron chi connectivity index (χ0n) is 15.2. The van der Waals surface area contributed by atoms with Crippen molar-refractivity contribution >= 4 is 11.9 Å². The number of piperidine rings is 1. The Morgan fingerprint density at radius 3 is 2.67 bits per heavy atom. The Bertz CT molecular complexity index is 492. The van der Waals surface area contributed by atoms with E-state index in [2.05, 4.69) is 10.2 Å². The number of nitrogens with zero attached hydrogens (tertiary/aromatic N) is 2. The van der Waals surface area contributed by atoms with E-state index >= 15 is 0 Å². The molecule has 0 bridgehead atoms. The molecule has 3 aliphatic rings. The number of likely N-dealkylation sites (tertiary alicyclic amines) is 1. The first kappa shape index (κ1) is 17.7. The maximum absolute atomic E-state index is 12.8. The van der Waals surface area contributed by atoms with Crippen molar-refractivity contribution in [1.82, 2.24) is 15.1 Å². The highest BCUT2D eigenvalue weighted by Gasteiger charge is 2.53. The lowest BCUT2D eigenvalue weighted by Crippen LogP contribution is -2.56. The van der Waals surface area contributed by atoms with Gasteiger partial charge in [-0.1, -0.05) is 0 Å². The molecule has 0 aromatic heterocycles. The minimum atomic E-state index is -0.769. The van der Waals surface area contributed by atoms with Crippen molar-refractivity contribution in [2.24, 2.45) is 11.8 Å². The lowest BCUT2D eigenvalue weighted by Gasteiger charge is -2.39. The third-order valence-electron chi connectivity index (χ3n) is 5.69. The van der Waals surface area contributed by atoms with Gasteiger partial charge < -0.3 is 15.0 Å². The van der Waals surface area contributed by atoms with Crippen molar-refractivity contribution in [3.63, 3.8) is 0 Å². The number of ether oxygens (including phenoxy) is 1.